The summed E-state index contributed by atoms with van der Waals surface area (Å²) in [5.41, 5.74) is 1.38. The SMILES string of the molecule is COc1c(OC(=O)N[C@H]2CN(OC)C2=O)ccc2c1N=C(NC(=O)c1cccnc1)N1CCN=C21. The highest BCUT2D eigenvalue weighted by Gasteiger charge is 2.39. The van der Waals surface area contributed by atoms with Crippen molar-refractivity contribution in [3.05, 3.63) is 47.8 Å². The molecule has 13 nitrogen and oxygen atoms in total. The van der Waals surface area contributed by atoms with Crippen LogP contribution in [0.25, 0.3) is 0 Å². The number of hydrogen-bond donors (Lipinski definition) is 2. The number of benzene rings is 1. The van der Waals surface area contributed by atoms with Gasteiger partial charge in [-0.25, -0.2) is 14.9 Å². The molecule has 35 heavy (non-hydrogen) atoms. The van der Waals surface area contributed by atoms with E-state index in [2.05, 4.69) is 25.6 Å². The van der Waals surface area contributed by atoms with E-state index in [0.29, 0.717) is 35.7 Å². The predicted molar refractivity (Wildman–Crippen MR) is 122 cm³/mol. The van der Waals surface area contributed by atoms with Gasteiger partial charge < -0.3 is 14.8 Å². The summed E-state index contributed by atoms with van der Waals surface area (Å²) in [6.45, 7) is 1.27. The monoisotopic (exact) mass is 479 g/mol. The number of carbonyl (C=O) groups is 3. The first-order valence-electron chi connectivity index (χ1n) is 10.7. The van der Waals surface area contributed by atoms with E-state index in [1.165, 1.54) is 20.4 Å². The lowest BCUT2D eigenvalue weighted by Crippen LogP contribution is -2.63. The Morgan fingerprint density at radius 1 is 1.20 bits per heavy atom. The van der Waals surface area contributed by atoms with Crippen LogP contribution < -0.4 is 20.1 Å². The van der Waals surface area contributed by atoms with Crippen molar-refractivity contribution >= 4 is 35.4 Å². The van der Waals surface area contributed by atoms with Crippen LogP contribution in [-0.4, -0.2) is 84.5 Å². The Morgan fingerprint density at radius 3 is 2.77 bits per heavy atom. The average Bonchev–Trinajstić information content (AvgIpc) is 3.37. The fourth-order valence-electron chi connectivity index (χ4n) is 3.88. The van der Waals surface area contributed by atoms with Crippen molar-refractivity contribution < 1.29 is 28.7 Å². The van der Waals surface area contributed by atoms with Gasteiger partial charge in [-0.1, -0.05) is 0 Å². The van der Waals surface area contributed by atoms with Gasteiger partial charge in [0.15, 0.2) is 11.5 Å². The molecule has 1 fully saturated rings. The number of fused-ring (bicyclic) bond motifs is 3. The first-order valence-corrected chi connectivity index (χ1v) is 10.7. The molecule has 13 heteroatoms. The zero-order valence-electron chi connectivity index (χ0n) is 18.8. The normalized spacial score (nSPS) is 18.0. The predicted octanol–water partition coefficient (Wildman–Crippen LogP) is 0.444. The molecule has 0 unspecified atom stereocenters. The van der Waals surface area contributed by atoms with Gasteiger partial charge in [0.05, 0.1) is 32.9 Å². The van der Waals surface area contributed by atoms with Gasteiger partial charge in [0.25, 0.3) is 11.8 Å². The summed E-state index contributed by atoms with van der Waals surface area (Å²) in [7, 11) is 2.78. The van der Waals surface area contributed by atoms with Gasteiger partial charge in [-0.3, -0.25) is 34.6 Å². The number of hydrogen-bond acceptors (Lipinski definition) is 10. The van der Waals surface area contributed by atoms with Gasteiger partial charge in [-0.15, -0.1) is 0 Å². The van der Waals surface area contributed by atoms with Gasteiger partial charge in [0, 0.05) is 24.5 Å². The number of aromatic nitrogens is 1. The zero-order valence-corrected chi connectivity index (χ0v) is 18.8. The Hall–Kier alpha value is -4.52. The number of pyridine rings is 1. The summed E-state index contributed by atoms with van der Waals surface area (Å²) in [4.78, 5) is 56.8. The van der Waals surface area contributed by atoms with Crippen molar-refractivity contribution in [1.29, 1.82) is 0 Å². The third-order valence-corrected chi connectivity index (χ3v) is 5.61. The third-order valence-electron chi connectivity index (χ3n) is 5.61. The van der Waals surface area contributed by atoms with E-state index in [-0.39, 0.29) is 35.8 Å². The van der Waals surface area contributed by atoms with E-state index in [4.69, 9.17) is 14.3 Å². The maximum atomic E-state index is 12.7. The van der Waals surface area contributed by atoms with Crippen molar-refractivity contribution in [2.45, 2.75) is 6.04 Å². The summed E-state index contributed by atoms with van der Waals surface area (Å²) in [5.74, 6) is 0.395. The molecule has 2 aromatic rings. The second kappa shape index (κ2) is 9.02. The van der Waals surface area contributed by atoms with E-state index in [1.807, 2.05) is 0 Å². The van der Waals surface area contributed by atoms with Gasteiger partial charge in [-0.2, -0.15) is 0 Å². The van der Waals surface area contributed by atoms with Crippen LogP contribution in [0.3, 0.4) is 0 Å². The van der Waals surface area contributed by atoms with Crippen molar-refractivity contribution in [2.24, 2.45) is 9.98 Å². The summed E-state index contributed by atoms with van der Waals surface area (Å²) < 4.78 is 10.9. The van der Waals surface area contributed by atoms with Crippen LogP contribution in [0.15, 0.2) is 46.6 Å². The molecule has 3 aliphatic heterocycles. The molecule has 1 saturated heterocycles. The van der Waals surface area contributed by atoms with Crippen molar-refractivity contribution in [2.75, 3.05) is 33.9 Å². The standard InChI is InChI=1S/C22H21N7O6/c1-33-17-15(35-22(32)25-14-11-29(34-2)20(14)31)6-5-13-16(17)26-21(28-9-8-24-18(13)28)27-19(30)12-4-3-7-23-10-12/h3-7,10,14H,8-9,11H2,1-2H3,(H,25,32)(H,26,27,30)/t14-/m0/s1. The van der Waals surface area contributed by atoms with Crippen molar-refractivity contribution in [1.82, 2.24) is 25.6 Å². The van der Waals surface area contributed by atoms with Gasteiger partial charge in [0.2, 0.25) is 5.96 Å². The molecule has 0 aliphatic carbocycles. The lowest BCUT2D eigenvalue weighted by atomic mass is 10.1. The first-order chi connectivity index (χ1) is 17.0. The van der Waals surface area contributed by atoms with E-state index < -0.39 is 12.1 Å². The zero-order chi connectivity index (χ0) is 24.5. The smallest absolute Gasteiger partial charge is 0.413 e. The molecule has 0 spiro atoms. The minimum Gasteiger partial charge on any atom is -0.491 e. The second-order valence-corrected chi connectivity index (χ2v) is 7.65. The van der Waals surface area contributed by atoms with Crippen LogP contribution in [0.4, 0.5) is 10.5 Å². The summed E-state index contributed by atoms with van der Waals surface area (Å²) in [6.07, 6.45) is 2.20. The number of nitrogens with zero attached hydrogens (tertiary/aromatic N) is 5. The molecule has 1 aromatic carbocycles. The molecule has 3 aliphatic rings. The van der Waals surface area contributed by atoms with Crippen LogP contribution in [0.1, 0.15) is 15.9 Å². The van der Waals surface area contributed by atoms with Gasteiger partial charge in [-0.05, 0) is 24.3 Å². The number of β-lactam (4-membered cyclic amide) rings is 1. The molecule has 0 bridgehead atoms. The largest absolute Gasteiger partial charge is 0.491 e. The quantitative estimate of drug-likeness (QED) is 0.588. The Bertz CT molecular complexity index is 1260. The average molecular weight is 479 g/mol. The molecule has 1 aromatic heterocycles. The minimum absolute atomic E-state index is 0.0906. The number of hydroxylamine groups is 2. The highest BCUT2D eigenvalue weighted by molar-refractivity contribution is 6.20. The fourth-order valence-corrected chi connectivity index (χ4v) is 3.88. The highest BCUT2D eigenvalue weighted by Crippen LogP contribution is 2.43. The Kier molecular flexibility index (Phi) is 5.74. The van der Waals surface area contributed by atoms with Gasteiger partial charge in [0.1, 0.15) is 17.6 Å². The molecular weight excluding hydrogens is 458 g/mol. The van der Waals surface area contributed by atoms with Crippen molar-refractivity contribution in [3.63, 3.8) is 0 Å². The molecule has 2 N–H and O–H groups in total. The van der Waals surface area contributed by atoms with Crippen molar-refractivity contribution in [3.8, 4) is 11.5 Å². The number of aliphatic imine (C=N–C) groups is 2. The summed E-state index contributed by atoms with van der Waals surface area (Å²) in [5, 5.41) is 6.40. The number of ether oxygens (including phenoxy) is 2. The first kappa shape index (κ1) is 22.3. The van der Waals surface area contributed by atoms with Gasteiger partial charge >= 0.3 is 6.09 Å². The third kappa shape index (κ3) is 4.01. The summed E-state index contributed by atoms with van der Waals surface area (Å²) in [6, 6.07) is 5.84. The number of amidine groups is 1. The van der Waals surface area contributed by atoms with Crippen LogP contribution >= 0.6 is 0 Å². The minimum atomic E-state index is -0.831. The number of rotatable bonds is 5. The number of nitrogens with one attached hydrogen (secondary N) is 2. The van der Waals surface area contributed by atoms with Crippen LogP contribution in [0, 0.1) is 0 Å². The summed E-state index contributed by atoms with van der Waals surface area (Å²) >= 11 is 0. The number of amides is 3. The molecule has 0 radical (unpaired) electrons. The van der Waals surface area contributed by atoms with E-state index in [1.54, 1.807) is 35.4 Å². The Labute approximate surface area is 199 Å². The van der Waals surface area contributed by atoms with E-state index in [0.717, 1.165) is 5.06 Å². The molecule has 180 valence electrons. The van der Waals surface area contributed by atoms with Crippen LogP contribution in [0.2, 0.25) is 0 Å². The van der Waals surface area contributed by atoms with E-state index >= 15 is 0 Å². The Morgan fingerprint density at radius 2 is 2.06 bits per heavy atom. The lowest BCUT2D eigenvalue weighted by Gasteiger charge is -2.35. The number of carbonyl (C=O) groups excluding carboxylic acids is 3. The molecule has 0 saturated carbocycles. The lowest BCUT2D eigenvalue weighted by molar-refractivity contribution is -0.202. The second-order valence-electron chi connectivity index (χ2n) is 7.65. The Balaban J connectivity index is 1.41. The maximum absolute atomic E-state index is 12.7. The van der Waals surface area contributed by atoms with Crippen LogP contribution in [-0.2, 0) is 9.63 Å². The number of guanidine groups is 1. The topological polar surface area (TPSA) is 147 Å². The maximum Gasteiger partial charge on any atom is 0.413 e. The molecule has 5 rings (SSSR count). The van der Waals surface area contributed by atoms with Crippen LogP contribution in [0.5, 0.6) is 11.5 Å². The highest BCUT2D eigenvalue weighted by atomic mass is 16.7. The number of methoxy groups -OCH3 is 1. The molecule has 1 atom stereocenters. The molecular formula is C22H21N7O6. The fraction of sp³-hybridized carbons (Fsp3) is 0.273. The molecule has 4 heterocycles. The molecule has 3 amide bonds. The van der Waals surface area contributed by atoms with E-state index in [9.17, 15) is 14.4 Å².